The summed E-state index contributed by atoms with van der Waals surface area (Å²) in [5, 5.41) is 0. The fourth-order valence-electron chi connectivity index (χ4n) is 3.95. The Hall–Kier alpha value is -1.07. The van der Waals surface area contributed by atoms with Gasteiger partial charge in [0.15, 0.2) is 0 Å². The summed E-state index contributed by atoms with van der Waals surface area (Å²) >= 11 is 0. The van der Waals surface area contributed by atoms with Crippen molar-refractivity contribution in [3.63, 3.8) is 0 Å². The molecule has 4 unspecified atom stereocenters. The van der Waals surface area contributed by atoms with E-state index in [0.717, 1.165) is 11.8 Å². The van der Waals surface area contributed by atoms with Crippen LogP contribution >= 0.6 is 0 Å². The zero-order chi connectivity index (χ0) is 12.5. The maximum Gasteiger partial charge on any atom is 0.237 e. The Morgan fingerprint density at radius 3 is 2.94 bits per heavy atom. The standard InChI is InChI=1S/C13H22N4O/c14-15-13(18)5-4-11-10-6-8-2-1-3-9(8)7-12(10)17-16-11/h4,8-10,12,16-17H,1-3,5-7,14H2,(H,15,18). The first-order chi connectivity index (χ1) is 8.78. The van der Waals surface area contributed by atoms with E-state index in [2.05, 4.69) is 16.3 Å². The Labute approximate surface area is 108 Å². The highest BCUT2D eigenvalue weighted by atomic mass is 16.2. The minimum atomic E-state index is -0.137. The molecule has 3 fully saturated rings. The summed E-state index contributed by atoms with van der Waals surface area (Å²) < 4.78 is 0. The lowest BCUT2D eigenvalue weighted by molar-refractivity contribution is -0.120. The molecule has 2 aliphatic carbocycles. The summed E-state index contributed by atoms with van der Waals surface area (Å²) in [6, 6.07) is 0.552. The maximum atomic E-state index is 11.2. The maximum absolute atomic E-state index is 11.2. The molecule has 0 aromatic carbocycles. The third-order valence-corrected chi connectivity index (χ3v) is 4.89. The zero-order valence-electron chi connectivity index (χ0n) is 10.6. The molecule has 4 atom stereocenters. The Morgan fingerprint density at radius 2 is 2.17 bits per heavy atom. The van der Waals surface area contributed by atoms with Crippen molar-refractivity contribution in [3.8, 4) is 0 Å². The van der Waals surface area contributed by atoms with Gasteiger partial charge in [-0.25, -0.2) is 11.3 Å². The number of amides is 1. The number of carbonyl (C=O) groups is 1. The predicted molar refractivity (Wildman–Crippen MR) is 68.6 cm³/mol. The molecule has 0 aromatic rings. The highest BCUT2D eigenvalue weighted by Crippen LogP contribution is 2.46. The summed E-state index contributed by atoms with van der Waals surface area (Å²) in [5.74, 6) is 7.35. The molecule has 5 N–H and O–H groups in total. The highest BCUT2D eigenvalue weighted by Gasteiger charge is 2.43. The normalized spacial score (nSPS) is 40.2. The van der Waals surface area contributed by atoms with Crippen molar-refractivity contribution in [3.05, 3.63) is 11.8 Å². The van der Waals surface area contributed by atoms with E-state index >= 15 is 0 Å². The largest absolute Gasteiger partial charge is 0.325 e. The smallest absolute Gasteiger partial charge is 0.237 e. The van der Waals surface area contributed by atoms with Crippen LogP contribution in [0.2, 0.25) is 0 Å². The van der Waals surface area contributed by atoms with Crippen molar-refractivity contribution in [2.24, 2.45) is 23.6 Å². The van der Waals surface area contributed by atoms with Crippen molar-refractivity contribution in [2.75, 3.05) is 0 Å². The van der Waals surface area contributed by atoms with Crippen LogP contribution < -0.4 is 22.1 Å². The van der Waals surface area contributed by atoms with Gasteiger partial charge in [-0.2, -0.15) is 0 Å². The summed E-state index contributed by atoms with van der Waals surface area (Å²) in [6.45, 7) is 0. The van der Waals surface area contributed by atoms with Crippen molar-refractivity contribution in [1.29, 1.82) is 0 Å². The van der Waals surface area contributed by atoms with Gasteiger partial charge in [-0.3, -0.25) is 10.2 Å². The van der Waals surface area contributed by atoms with E-state index in [1.165, 1.54) is 37.8 Å². The number of nitrogens with one attached hydrogen (secondary N) is 3. The molecule has 2 saturated carbocycles. The van der Waals surface area contributed by atoms with E-state index in [-0.39, 0.29) is 5.91 Å². The average molecular weight is 250 g/mol. The minimum absolute atomic E-state index is 0.137. The molecule has 0 spiro atoms. The monoisotopic (exact) mass is 250 g/mol. The molecule has 18 heavy (non-hydrogen) atoms. The fraction of sp³-hybridized carbons (Fsp3) is 0.769. The molecule has 1 saturated heterocycles. The molecule has 0 aromatic heterocycles. The molecule has 1 heterocycles. The molecule has 1 amide bonds. The molecular weight excluding hydrogens is 228 g/mol. The van der Waals surface area contributed by atoms with Crippen LogP contribution in [0.25, 0.3) is 0 Å². The minimum Gasteiger partial charge on any atom is -0.325 e. The van der Waals surface area contributed by atoms with Crippen molar-refractivity contribution >= 4 is 5.91 Å². The second kappa shape index (κ2) is 4.90. The molecule has 5 heteroatoms. The number of carbonyl (C=O) groups excluding carboxylic acids is 1. The molecule has 100 valence electrons. The van der Waals surface area contributed by atoms with Crippen LogP contribution in [-0.4, -0.2) is 11.9 Å². The molecule has 3 rings (SSSR count). The molecule has 5 nitrogen and oxygen atoms in total. The van der Waals surface area contributed by atoms with E-state index in [0.29, 0.717) is 18.4 Å². The van der Waals surface area contributed by atoms with Gasteiger partial charge in [0.05, 0.1) is 0 Å². The molecule has 0 bridgehead atoms. The number of nitrogens with two attached hydrogens (primary N) is 1. The van der Waals surface area contributed by atoms with Crippen molar-refractivity contribution in [1.82, 2.24) is 16.3 Å². The number of hydrogen-bond acceptors (Lipinski definition) is 4. The van der Waals surface area contributed by atoms with Crippen LogP contribution in [0.5, 0.6) is 0 Å². The van der Waals surface area contributed by atoms with E-state index in [4.69, 9.17) is 5.84 Å². The Kier molecular flexibility index (Phi) is 3.26. The second-order valence-electron chi connectivity index (χ2n) is 5.84. The van der Waals surface area contributed by atoms with Gasteiger partial charge in [0, 0.05) is 24.1 Å². The Bertz CT molecular complexity index is 368. The number of hydrogen-bond donors (Lipinski definition) is 4. The third kappa shape index (κ3) is 2.12. The van der Waals surface area contributed by atoms with Gasteiger partial charge in [-0.1, -0.05) is 25.3 Å². The van der Waals surface area contributed by atoms with Crippen LogP contribution in [0.4, 0.5) is 0 Å². The predicted octanol–water partition coefficient (Wildman–Crippen LogP) is 0.553. The average Bonchev–Trinajstić information content (AvgIpc) is 2.99. The third-order valence-electron chi connectivity index (χ3n) is 4.89. The van der Waals surface area contributed by atoms with Gasteiger partial charge in [0.2, 0.25) is 5.91 Å². The fourth-order valence-corrected chi connectivity index (χ4v) is 3.95. The number of rotatable bonds is 2. The lowest BCUT2D eigenvalue weighted by atomic mass is 9.72. The lowest BCUT2D eigenvalue weighted by Crippen LogP contribution is -2.38. The summed E-state index contributed by atoms with van der Waals surface area (Å²) in [4.78, 5) is 11.2. The van der Waals surface area contributed by atoms with E-state index in [9.17, 15) is 4.79 Å². The zero-order valence-corrected chi connectivity index (χ0v) is 10.6. The van der Waals surface area contributed by atoms with Gasteiger partial charge in [0.25, 0.3) is 0 Å². The highest BCUT2D eigenvalue weighted by molar-refractivity contribution is 5.76. The number of fused-ring (bicyclic) bond motifs is 2. The quantitative estimate of drug-likeness (QED) is 0.328. The Morgan fingerprint density at radius 1 is 1.39 bits per heavy atom. The molecule has 1 aliphatic heterocycles. The van der Waals surface area contributed by atoms with Gasteiger partial charge >= 0.3 is 0 Å². The first-order valence-electron chi connectivity index (χ1n) is 6.99. The summed E-state index contributed by atoms with van der Waals surface area (Å²) in [6.07, 6.45) is 9.09. The van der Waals surface area contributed by atoms with Crippen molar-refractivity contribution in [2.45, 2.75) is 44.6 Å². The van der Waals surface area contributed by atoms with Crippen molar-refractivity contribution < 1.29 is 4.79 Å². The number of hydrazine groups is 2. The van der Waals surface area contributed by atoms with Crippen LogP contribution in [0.1, 0.15) is 38.5 Å². The van der Waals surface area contributed by atoms with Crippen LogP contribution in [0.3, 0.4) is 0 Å². The first kappa shape index (κ1) is 12.0. The molecule has 3 aliphatic rings. The topological polar surface area (TPSA) is 79.2 Å². The summed E-state index contributed by atoms with van der Waals surface area (Å²) in [5.41, 5.74) is 9.99. The van der Waals surface area contributed by atoms with Crippen LogP contribution in [0.15, 0.2) is 11.8 Å². The SMILES string of the molecule is NNC(=O)CC=C1NNC2CC3CCCC3CC12. The Balaban J connectivity index is 1.66. The van der Waals surface area contributed by atoms with Crippen LogP contribution in [-0.2, 0) is 4.79 Å². The van der Waals surface area contributed by atoms with E-state index < -0.39 is 0 Å². The van der Waals surface area contributed by atoms with E-state index in [1.807, 2.05) is 6.08 Å². The second-order valence-corrected chi connectivity index (χ2v) is 5.84. The molecular formula is C13H22N4O. The van der Waals surface area contributed by atoms with Gasteiger partial charge < -0.3 is 5.43 Å². The van der Waals surface area contributed by atoms with Gasteiger partial charge in [0.1, 0.15) is 0 Å². The first-order valence-corrected chi connectivity index (χ1v) is 6.99. The van der Waals surface area contributed by atoms with Crippen LogP contribution in [0, 0.1) is 17.8 Å². The van der Waals surface area contributed by atoms with E-state index in [1.54, 1.807) is 0 Å². The lowest BCUT2D eigenvalue weighted by Gasteiger charge is -2.33. The van der Waals surface area contributed by atoms with Gasteiger partial charge in [-0.15, -0.1) is 0 Å². The molecule has 0 radical (unpaired) electrons. The summed E-state index contributed by atoms with van der Waals surface area (Å²) in [7, 11) is 0. The van der Waals surface area contributed by atoms with Gasteiger partial charge in [-0.05, 0) is 24.7 Å².